The molecule has 3 aromatic carbocycles. The van der Waals surface area contributed by atoms with Crippen molar-refractivity contribution in [2.45, 2.75) is 69.5 Å². The molecule has 1 saturated carbocycles. The van der Waals surface area contributed by atoms with Gasteiger partial charge in [0.25, 0.3) is 10.0 Å². The van der Waals surface area contributed by atoms with Crippen LogP contribution in [0.5, 0.6) is 5.75 Å². The van der Waals surface area contributed by atoms with Crippen molar-refractivity contribution in [1.29, 1.82) is 0 Å². The highest BCUT2D eigenvalue weighted by Crippen LogP contribution is 2.27. The van der Waals surface area contributed by atoms with Gasteiger partial charge in [-0.1, -0.05) is 62.2 Å². The fourth-order valence-corrected chi connectivity index (χ4v) is 6.69. The van der Waals surface area contributed by atoms with Crippen molar-refractivity contribution in [2.24, 2.45) is 0 Å². The molecule has 8 nitrogen and oxygen atoms in total. The molecular weight excluding hydrogens is 538 g/mol. The number of rotatable bonds is 12. The van der Waals surface area contributed by atoms with E-state index >= 15 is 0 Å². The summed E-state index contributed by atoms with van der Waals surface area (Å²) in [6.45, 7) is 3.55. The van der Waals surface area contributed by atoms with Gasteiger partial charge in [-0.05, 0) is 73.7 Å². The number of aryl methyl sites for hydroxylation is 1. The predicted octanol–water partition coefficient (Wildman–Crippen LogP) is 5.07. The van der Waals surface area contributed by atoms with E-state index in [2.05, 4.69) is 5.32 Å². The van der Waals surface area contributed by atoms with Crippen LogP contribution in [0.3, 0.4) is 0 Å². The van der Waals surface area contributed by atoms with E-state index in [0.29, 0.717) is 17.9 Å². The van der Waals surface area contributed by atoms with Gasteiger partial charge in [0.1, 0.15) is 18.3 Å². The van der Waals surface area contributed by atoms with Gasteiger partial charge in [0.2, 0.25) is 11.8 Å². The summed E-state index contributed by atoms with van der Waals surface area (Å²) in [5.74, 6) is -0.104. The van der Waals surface area contributed by atoms with Crippen molar-refractivity contribution in [2.75, 3.05) is 18.0 Å². The molecule has 0 aliphatic heterocycles. The van der Waals surface area contributed by atoms with Gasteiger partial charge in [0.15, 0.2) is 0 Å². The van der Waals surface area contributed by atoms with Crippen LogP contribution in [0.2, 0.25) is 0 Å². The third-order valence-electron chi connectivity index (χ3n) is 7.66. The first-order chi connectivity index (χ1) is 19.7. The maximum atomic E-state index is 14.2. The Morgan fingerprint density at radius 1 is 0.951 bits per heavy atom. The number of carbonyl (C=O) groups excluding carboxylic acids is 2. The highest BCUT2D eigenvalue weighted by molar-refractivity contribution is 7.92. The van der Waals surface area contributed by atoms with Crippen LogP contribution in [0.15, 0.2) is 83.8 Å². The van der Waals surface area contributed by atoms with E-state index in [1.165, 1.54) is 24.1 Å². The zero-order valence-electron chi connectivity index (χ0n) is 24.0. The minimum Gasteiger partial charge on any atom is -0.497 e. The van der Waals surface area contributed by atoms with Crippen LogP contribution < -0.4 is 14.4 Å². The molecule has 4 rings (SSSR count). The number of nitrogens with one attached hydrogen (secondary N) is 1. The zero-order valence-corrected chi connectivity index (χ0v) is 24.8. The maximum absolute atomic E-state index is 14.2. The summed E-state index contributed by atoms with van der Waals surface area (Å²) >= 11 is 0. The number of methoxy groups -OCH3 is 1. The van der Waals surface area contributed by atoms with Crippen LogP contribution in [-0.4, -0.2) is 50.9 Å². The molecule has 0 saturated heterocycles. The van der Waals surface area contributed by atoms with E-state index in [1.54, 1.807) is 42.5 Å². The molecule has 218 valence electrons. The van der Waals surface area contributed by atoms with Gasteiger partial charge in [-0.3, -0.25) is 13.9 Å². The molecule has 9 heteroatoms. The minimum atomic E-state index is -4.11. The molecule has 0 radical (unpaired) electrons. The monoisotopic (exact) mass is 577 g/mol. The van der Waals surface area contributed by atoms with Gasteiger partial charge in [-0.15, -0.1) is 0 Å². The molecule has 1 atom stereocenters. The molecule has 0 spiro atoms. The molecule has 1 aliphatic rings. The van der Waals surface area contributed by atoms with Crippen LogP contribution >= 0.6 is 0 Å². The Bertz CT molecular complexity index is 1420. The van der Waals surface area contributed by atoms with Gasteiger partial charge in [-0.2, -0.15) is 0 Å². The number of ether oxygens (including phenoxy) is 1. The fourth-order valence-electron chi connectivity index (χ4n) is 5.25. The first kappa shape index (κ1) is 30.1. The third-order valence-corrected chi connectivity index (χ3v) is 9.45. The standard InChI is InChI=1S/C32H39N3O5S/c1-4-30(32(37)33-26-14-10-11-15-26)34(22-25-13-9-8-12-24(25)2)31(36)23-35(27-18-20-28(40-3)21-19-27)41(38,39)29-16-6-5-7-17-29/h5-9,12-13,16-21,26,30H,4,10-11,14-15,22-23H2,1-3H3,(H,33,37)/t30-/m0/s1. The van der Waals surface area contributed by atoms with Crippen molar-refractivity contribution >= 4 is 27.5 Å². The predicted molar refractivity (Wildman–Crippen MR) is 160 cm³/mol. The number of sulfonamides is 1. The molecule has 3 aromatic rings. The molecule has 41 heavy (non-hydrogen) atoms. The molecule has 2 amide bonds. The van der Waals surface area contributed by atoms with Gasteiger partial charge in [0.05, 0.1) is 17.7 Å². The first-order valence-electron chi connectivity index (χ1n) is 14.1. The van der Waals surface area contributed by atoms with E-state index < -0.39 is 28.5 Å². The van der Waals surface area contributed by atoms with Gasteiger partial charge in [0, 0.05) is 12.6 Å². The lowest BCUT2D eigenvalue weighted by atomic mass is 10.1. The number of amides is 2. The molecular formula is C32H39N3O5S. The van der Waals surface area contributed by atoms with E-state index in [-0.39, 0.29) is 23.4 Å². The van der Waals surface area contributed by atoms with E-state index in [9.17, 15) is 18.0 Å². The number of hydrogen-bond acceptors (Lipinski definition) is 5. The van der Waals surface area contributed by atoms with Crippen LogP contribution in [0.25, 0.3) is 0 Å². The Labute approximate surface area is 243 Å². The van der Waals surface area contributed by atoms with Crippen molar-refractivity contribution in [3.8, 4) is 5.75 Å². The largest absolute Gasteiger partial charge is 0.497 e. The van der Waals surface area contributed by atoms with Crippen LogP contribution in [0.4, 0.5) is 5.69 Å². The molecule has 1 aliphatic carbocycles. The second kappa shape index (κ2) is 13.7. The van der Waals surface area contributed by atoms with Crippen molar-refractivity contribution in [3.63, 3.8) is 0 Å². The molecule has 0 heterocycles. The summed E-state index contributed by atoms with van der Waals surface area (Å²) in [6.07, 6.45) is 4.39. The molecule has 0 aromatic heterocycles. The number of hydrogen-bond donors (Lipinski definition) is 1. The van der Waals surface area contributed by atoms with Crippen LogP contribution in [-0.2, 0) is 26.2 Å². The normalized spacial score (nSPS) is 14.3. The highest BCUT2D eigenvalue weighted by Gasteiger charge is 2.34. The second-order valence-electron chi connectivity index (χ2n) is 10.4. The first-order valence-corrected chi connectivity index (χ1v) is 15.5. The number of anilines is 1. The maximum Gasteiger partial charge on any atom is 0.264 e. The number of benzene rings is 3. The van der Waals surface area contributed by atoms with Gasteiger partial charge < -0.3 is 15.0 Å². The van der Waals surface area contributed by atoms with Crippen LogP contribution in [0.1, 0.15) is 50.2 Å². The highest BCUT2D eigenvalue weighted by atomic mass is 32.2. The quantitative estimate of drug-likeness (QED) is 0.325. The molecule has 0 bridgehead atoms. The lowest BCUT2D eigenvalue weighted by Crippen LogP contribution is -2.53. The number of carbonyl (C=O) groups is 2. The lowest BCUT2D eigenvalue weighted by Gasteiger charge is -2.34. The zero-order chi connectivity index (χ0) is 29.4. The smallest absolute Gasteiger partial charge is 0.264 e. The van der Waals surface area contributed by atoms with Gasteiger partial charge >= 0.3 is 0 Å². The van der Waals surface area contributed by atoms with Crippen LogP contribution in [0, 0.1) is 6.92 Å². The van der Waals surface area contributed by atoms with E-state index in [1.807, 2.05) is 38.1 Å². The molecule has 1 N–H and O–H groups in total. The fraction of sp³-hybridized carbons (Fsp3) is 0.375. The molecule has 0 unspecified atom stereocenters. The van der Waals surface area contributed by atoms with E-state index in [0.717, 1.165) is 41.1 Å². The average Bonchev–Trinajstić information content (AvgIpc) is 3.50. The van der Waals surface area contributed by atoms with E-state index in [4.69, 9.17) is 4.74 Å². The summed E-state index contributed by atoms with van der Waals surface area (Å²) in [7, 11) is -2.58. The SMILES string of the molecule is CC[C@@H](C(=O)NC1CCCC1)N(Cc1ccccc1C)C(=O)CN(c1ccc(OC)cc1)S(=O)(=O)c1ccccc1. The summed E-state index contributed by atoms with van der Waals surface area (Å²) < 4.78 is 34.2. The Morgan fingerprint density at radius 2 is 1.59 bits per heavy atom. The van der Waals surface area contributed by atoms with Gasteiger partial charge in [-0.25, -0.2) is 8.42 Å². The van der Waals surface area contributed by atoms with Crippen molar-refractivity contribution in [3.05, 3.63) is 90.0 Å². The lowest BCUT2D eigenvalue weighted by molar-refractivity contribution is -0.140. The topological polar surface area (TPSA) is 96.0 Å². The Morgan fingerprint density at radius 3 is 2.20 bits per heavy atom. The summed E-state index contributed by atoms with van der Waals surface area (Å²) in [5, 5.41) is 3.14. The summed E-state index contributed by atoms with van der Waals surface area (Å²) in [6, 6.07) is 21.6. The number of nitrogens with zero attached hydrogens (tertiary/aromatic N) is 2. The summed E-state index contributed by atoms with van der Waals surface area (Å²) in [4.78, 5) is 29.3. The third kappa shape index (κ3) is 7.27. The Balaban J connectivity index is 1.71. The van der Waals surface area contributed by atoms with Crippen molar-refractivity contribution in [1.82, 2.24) is 10.2 Å². The molecule has 1 fully saturated rings. The second-order valence-corrected chi connectivity index (χ2v) is 12.2. The van der Waals surface area contributed by atoms with Crippen molar-refractivity contribution < 1.29 is 22.7 Å². The minimum absolute atomic E-state index is 0.0695. The Kier molecular flexibility index (Phi) is 10.0. The average molecular weight is 578 g/mol. The summed E-state index contributed by atoms with van der Waals surface area (Å²) in [5.41, 5.74) is 2.21. The Hall–Kier alpha value is -3.85.